The van der Waals surface area contributed by atoms with Crippen LogP contribution >= 0.6 is 11.6 Å². The average molecular weight is 407 g/mol. The summed E-state index contributed by atoms with van der Waals surface area (Å²) in [5, 5.41) is 13.8. The van der Waals surface area contributed by atoms with Crippen LogP contribution in [0.3, 0.4) is 0 Å². The third-order valence-electron chi connectivity index (χ3n) is 4.77. The van der Waals surface area contributed by atoms with Crippen LogP contribution in [0.15, 0.2) is 34.7 Å². The molecule has 1 aromatic heterocycles. The van der Waals surface area contributed by atoms with E-state index in [1.54, 1.807) is 12.1 Å². The molecule has 7 nitrogen and oxygen atoms in total. The van der Waals surface area contributed by atoms with Crippen molar-refractivity contribution in [3.05, 3.63) is 51.2 Å². The molecule has 1 saturated carbocycles. The molecule has 150 valence electrons. The van der Waals surface area contributed by atoms with Gasteiger partial charge in [0.2, 0.25) is 0 Å². The molecule has 0 spiro atoms. The van der Waals surface area contributed by atoms with Crippen LogP contribution in [0.1, 0.15) is 49.1 Å². The monoisotopic (exact) mass is 406 g/mol. The normalized spacial score (nSPS) is 14.8. The second-order valence-electron chi connectivity index (χ2n) is 6.83. The molecule has 0 aliphatic heterocycles. The van der Waals surface area contributed by atoms with E-state index < -0.39 is 4.92 Å². The summed E-state index contributed by atoms with van der Waals surface area (Å²) in [6.45, 7) is 1.13. The Morgan fingerprint density at radius 2 is 2.04 bits per heavy atom. The van der Waals surface area contributed by atoms with E-state index in [1.807, 2.05) is 0 Å². The average Bonchev–Trinajstić information content (AvgIpc) is 3.18. The minimum Gasteiger partial charge on any atom is -0.451 e. The number of nitro groups is 1. The number of hydrogen-bond donors (Lipinski definition) is 1. The van der Waals surface area contributed by atoms with Crippen LogP contribution in [-0.2, 0) is 4.74 Å². The van der Waals surface area contributed by atoms with Gasteiger partial charge in [-0.15, -0.1) is 0 Å². The van der Waals surface area contributed by atoms with Gasteiger partial charge in [0.15, 0.2) is 5.76 Å². The maximum atomic E-state index is 12.2. The number of ether oxygens (including phenoxy) is 1. The second kappa shape index (κ2) is 9.71. The van der Waals surface area contributed by atoms with Crippen molar-refractivity contribution in [1.82, 2.24) is 5.32 Å². The first-order chi connectivity index (χ1) is 13.5. The number of furan rings is 1. The molecule has 1 aliphatic carbocycles. The predicted octanol–water partition coefficient (Wildman–Crippen LogP) is 4.98. The van der Waals surface area contributed by atoms with Crippen molar-refractivity contribution in [2.75, 3.05) is 13.2 Å². The molecule has 28 heavy (non-hydrogen) atoms. The van der Waals surface area contributed by atoms with Gasteiger partial charge < -0.3 is 14.5 Å². The zero-order chi connectivity index (χ0) is 19.9. The van der Waals surface area contributed by atoms with E-state index in [0.29, 0.717) is 30.6 Å². The topological polar surface area (TPSA) is 94.6 Å². The molecule has 1 aromatic carbocycles. The largest absolute Gasteiger partial charge is 0.451 e. The fourth-order valence-electron chi connectivity index (χ4n) is 3.27. The molecule has 1 amide bonds. The summed E-state index contributed by atoms with van der Waals surface area (Å²) in [5.41, 5.74) is 0.390. The highest BCUT2D eigenvalue weighted by Crippen LogP contribution is 2.32. The van der Waals surface area contributed by atoms with Crippen LogP contribution < -0.4 is 5.32 Å². The highest BCUT2D eigenvalue weighted by atomic mass is 35.5. The number of benzene rings is 1. The van der Waals surface area contributed by atoms with Crippen molar-refractivity contribution in [3.63, 3.8) is 0 Å². The molecule has 0 unspecified atom stereocenters. The maximum Gasteiger partial charge on any atom is 0.287 e. The number of nitrogens with one attached hydrogen (secondary N) is 1. The van der Waals surface area contributed by atoms with E-state index in [4.69, 9.17) is 20.8 Å². The fourth-order valence-corrected chi connectivity index (χ4v) is 3.53. The molecule has 0 atom stereocenters. The summed E-state index contributed by atoms with van der Waals surface area (Å²) in [7, 11) is 0. The zero-order valence-corrected chi connectivity index (χ0v) is 16.2. The van der Waals surface area contributed by atoms with E-state index in [2.05, 4.69) is 5.32 Å². The molecular formula is C20H23ClN2O5. The standard InChI is InChI=1S/C20H23ClN2O5/c21-17-13-14(23(25)26)7-8-16(17)18-9-10-19(28-18)20(24)22-11-4-12-27-15-5-2-1-3-6-15/h7-10,13,15H,1-6,11-12H2,(H,22,24). The molecule has 2 aromatic rings. The smallest absolute Gasteiger partial charge is 0.287 e. The molecule has 3 rings (SSSR count). The summed E-state index contributed by atoms with van der Waals surface area (Å²) in [6.07, 6.45) is 7.14. The van der Waals surface area contributed by atoms with Crippen molar-refractivity contribution in [2.24, 2.45) is 0 Å². The highest BCUT2D eigenvalue weighted by Gasteiger charge is 2.16. The predicted molar refractivity (Wildman–Crippen MR) is 106 cm³/mol. The lowest BCUT2D eigenvalue weighted by molar-refractivity contribution is -0.384. The highest BCUT2D eigenvalue weighted by molar-refractivity contribution is 6.33. The van der Waals surface area contributed by atoms with Gasteiger partial charge in [0.25, 0.3) is 11.6 Å². The molecular weight excluding hydrogens is 384 g/mol. The van der Waals surface area contributed by atoms with E-state index >= 15 is 0 Å². The quantitative estimate of drug-likeness (QED) is 0.379. The molecule has 1 fully saturated rings. The number of nitrogens with zero attached hydrogens (tertiary/aromatic N) is 1. The van der Waals surface area contributed by atoms with Gasteiger partial charge >= 0.3 is 0 Å². The maximum absolute atomic E-state index is 12.2. The Labute approximate surface area is 168 Å². The number of amides is 1. The first-order valence-corrected chi connectivity index (χ1v) is 9.86. The Morgan fingerprint density at radius 3 is 2.75 bits per heavy atom. The van der Waals surface area contributed by atoms with Gasteiger partial charge in [0.05, 0.1) is 16.0 Å². The second-order valence-corrected chi connectivity index (χ2v) is 7.23. The van der Waals surface area contributed by atoms with Crippen LogP contribution in [0.25, 0.3) is 11.3 Å². The number of nitro benzene ring substituents is 1. The lowest BCUT2D eigenvalue weighted by atomic mass is 9.98. The Morgan fingerprint density at radius 1 is 1.25 bits per heavy atom. The third kappa shape index (κ3) is 5.33. The number of rotatable bonds is 8. The molecule has 0 saturated heterocycles. The SMILES string of the molecule is O=C(NCCCOC1CCCCC1)c1ccc(-c2ccc([N+](=O)[O-])cc2Cl)o1. The number of halogens is 1. The van der Waals surface area contributed by atoms with E-state index in [9.17, 15) is 14.9 Å². The van der Waals surface area contributed by atoms with Gasteiger partial charge in [-0.1, -0.05) is 30.9 Å². The third-order valence-corrected chi connectivity index (χ3v) is 5.08. The lowest BCUT2D eigenvalue weighted by Gasteiger charge is -2.21. The number of hydrogen-bond acceptors (Lipinski definition) is 5. The van der Waals surface area contributed by atoms with Gasteiger partial charge in [-0.05, 0) is 37.5 Å². The van der Waals surface area contributed by atoms with Gasteiger partial charge in [0.1, 0.15) is 5.76 Å². The summed E-state index contributed by atoms with van der Waals surface area (Å²) in [6, 6.07) is 7.28. The Hall–Kier alpha value is -2.38. The van der Waals surface area contributed by atoms with Crippen LogP contribution in [0.5, 0.6) is 0 Å². The Balaban J connectivity index is 1.48. The van der Waals surface area contributed by atoms with Crippen molar-refractivity contribution in [1.29, 1.82) is 0 Å². The van der Waals surface area contributed by atoms with E-state index in [-0.39, 0.29) is 22.4 Å². The van der Waals surface area contributed by atoms with E-state index in [0.717, 1.165) is 19.3 Å². The summed E-state index contributed by atoms with van der Waals surface area (Å²) in [4.78, 5) is 22.5. The lowest BCUT2D eigenvalue weighted by Crippen LogP contribution is -2.25. The number of non-ortho nitro benzene ring substituents is 1. The van der Waals surface area contributed by atoms with Gasteiger partial charge in [-0.25, -0.2) is 0 Å². The fraction of sp³-hybridized carbons (Fsp3) is 0.450. The molecule has 0 radical (unpaired) electrons. The molecule has 1 aliphatic rings. The molecule has 1 N–H and O–H groups in total. The van der Waals surface area contributed by atoms with Crippen LogP contribution in [0.2, 0.25) is 5.02 Å². The Bertz CT molecular complexity index is 830. The van der Waals surface area contributed by atoms with Gasteiger partial charge in [0, 0.05) is 30.8 Å². The van der Waals surface area contributed by atoms with Crippen LogP contribution in [0, 0.1) is 10.1 Å². The molecule has 8 heteroatoms. The van der Waals surface area contributed by atoms with Gasteiger partial charge in [-0.3, -0.25) is 14.9 Å². The number of carbonyl (C=O) groups excluding carboxylic acids is 1. The van der Waals surface area contributed by atoms with Crippen molar-refractivity contribution in [2.45, 2.75) is 44.6 Å². The summed E-state index contributed by atoms with van der Waals surface area (Å²) in [5.74, 6) is 0.227. The first-order valence-electron chi connectivity index (χ1n) is 9.48. The first kappa shape index (κ1) is 20.4. The summed E-state index contributed by atoms with van der Waals surface area (Å²) < 4.78 is 11.4. The van der Waals surface area contributed by atoms with Crippen molar-refractivity contribution in [3.8, 4) is 11.3 Å². The van der Waals surface area contributed by atoms with Crippen molar-refractivity contribution >= 4 is 23.2 Å². The number of carbonyl (C=O) groups is 1. The van der Waals surface area contributed by atoms with Crippen LogP contribution in [0.4, 0.5) is 5.69 Å². The molecule has 0 bridgehead atoms. The van der Waals surface area contributed by atoms with E-state index in [1.165, 1.54) is 37.5 Å². The Kier molecular flexibility index (Phi) is 7.06. The zero-order valence-electron chi connectivity index (χ0n) is 15.5. The van der Waals surface area contributed by atoms with Gasteiger partial charge in [-0.2, -0.15) is 0 Å². The minimum atomic E-state index is -0.519. The summed E-state index contributed by atoms with van der Waals surface area (Å²) >= 11 is 6.10. The minimum absolute atomic E-state index is 0.103. The van der Waals surface area contributed by atoms with Crippen LogP contribution in [-0.4, -0.2) is 30.1 Å². The molecule has 1 heterocycles. The van der Waals surface area contributed by atoms with Crippen molar-refractivity contribution < 1.29 is 18.9 Å².